The van der Waals surface area contributed by atoms with Gasteiger partial charge in [-0.2, -0.15) is 5.20 Å². The lowest BCUT2D eigenvalue weighted by Gasteiger charge is -2.43. The Morgan fingerprint density at radius 1 is 1.24 bits per heavy atom. The number of hydrogen-bond donors (Lipinski definition) is 3. The molecule has 10 heteroatoms. The number of thiophene rings is 1. The highest BCUT2D eigenvalue weighted by molar-refractivity contribution is 8.01. The highest BCUT2D eigenvalue weighted by Gasteiger charge is 2.25. The van der Waals surface area contributed by atoms with Crippen molar-refractivity contribution in [3.63, 3.8) is 0 Å². The molecule has 2 heterocycles. The van der Waals surface area contributed by atoms with E-state index in [2.05, 4.69) is 16.2 Å². The molecule has 1 aliphatic carbocycles. The monoisotopic (exact) mass is 453 g/mol. The Morgan fingerprint density at radius 3 is 2.55 bits per heavy atom. The van der Waals surface area contributed by atoms with Crippen LogP contribution in [0.2, 0.25) is 0 Å². The molecule has 7 nitrogen and oxygen atoms in total. The van der Waals surface area contributed by atoms with E-state index in [1.807, 2.05) is 46.7 Å². The summed E-state index contributed by atoms with van der Waals surface area (Å²) in [5.41, 5.74) is 7.79. The minimum absolute atomic E-state index is 0.498. The van der Waals surface area contributed by atoms with E-state index in [-0.39, 0.29) is 0 Å². The summed E-state index contributed by atoms with van der Waals surface area (Å²) in [5, 5.41) is 9.24. The van der Waals surface area contributed by atoms with Gasteiger partial charge in [0.2, 0.25) is 0 Å². The molecular weight excluding hydrogens is 425 g/mol. The van der Waals surface area contributed by atoms with Crippen LogP contribution in [-0.2, 0) is 17.6 Å². The first-order chi connectivity index (χ1) is 14.3. The number of fused-ring (bicyclic) bond motifs is 1. The van der Waals surface area contributed by atoms with Crippen LogP contribution in [0.1, 0.15) is 33.6 Å². The number of anilines is 2. The molecule has 1 aromatic carbocycles. The van der Waals surface area contributed by atoms with Crippen molar-refractivity contribution < 1.29 is 9.59 Å². The number of aryl methyl sites for hydroxylation is 1. The fourth-order valence-corrected chi connectivity index (χ4v) is 5.85. The molecule has 1 saturated heterocycles. The second-order valence-corrected chi connectivity index (χ2v) is 9.17. The predicted molar refractivity (Wildman–Crippen MR) is 127 cm³/mol. The quantitative estimate of drug-likeness (QED) is 0.347. The summed E-state index contributed by atoms with van der Waals surface area (Å²) < 4.78 is 2.03. The number of hydrogen-bond acceptors (Lipinski definition) is 9. The fraction of sp³-hybridized carbons (Fsp3) is 0.368. The molecule has 2 aromatic rings. The highest BCUT2D eigenvalue weighted by Crippen LogP contribution is 2.38. The summed E-state index contributed by atoms with van der Waals surface area (Å²) in [6.45, 7) is 0. The van der Waals surface area contributed by atoms with Crippen LogP contribution in [0.4, 0.5) is 10.7 Å². The zero-order chi connectivity index (χ0) is 21.1. The molecular formula is C19H28N5O2PS2. The van der Waals surface area contributed by atoms with Crippen molar-refractivity contribution in [1.82, 2.24) is 9.38 Å². The largest absolute Gasteiger partial charge is 0.379 e. The average Bonchev–Trinajstić information content (AvgIpc) is 3.14. The Balaban J connectivity index is 0.000000191. The molecule has 0 bridgehead atoms. The smallest absolute Gasteiger partial charge is 0.153 e. The lowest BCUT2D eigenvalue weighted by atomic mass is 9.96. The van der Waals surface area contributed by atoms with E-state index in [0.29, 0.717) is 14.6 Å². The maximum absolute atomic E-state index is 10.9. The molecule has 4 rings (SSSR count). The van der Waals surface area contributed by atoms with E-state index >= 15 is 0 Å². The topological polar surface area (TPSA) is 90.7 Å². The molecule has 2 aliphatic rings. The van der Waals surface area contributed by atoms with Crippen molar-refractivity contribution in [2.45, 2.75) is 25.7 Å². The van der Waals surface area contributed by atoms with Crippen molar-refractivity contribution in [2.75, 3.05) is 30.3 Å². The van der Waals surface area contributed by atoms with Crippen molar-refractivity contribution in [2.24, 2.45) is 5.73 Å². The second-order valence-electron chi connectivity index (χ2n) is 5.93. The lowest BCUT2D eigenvalue weighted by molar-refractivity contribution is -0.105. The molecule has 29 heavy (non-hydrogen) atoms. The van der Waals surface area contributed by atoms with Crippen LogP contribution in [0.25, 0.3) is 0 Å². The van der Waals surface area contributed by atoms with Crippen LogP contribution in [0, 0.1) is 0 Å². The van der Waals surface area contributed by atoms with E-state index in [1.165, 1.54) is 42.3 Å². The van der Waals surface area contributed by atoms with Gasteiger partial charge in [-0.05, 0) is 62.4 Å². The number of rotatable bonds is 6. The number of carbonyl (C=O) groups excluding carboxylic acids is 2. The molecule has 158 valence electrons. The van der Waals surface area contributed by atoms with Gasteiger partial charge in [0.05, 0.1) is 30.9 Å². The Kier molecular flexibility index (Phi) is 10.6. The van der Waals surface area contributed by atoms with Gasteiger partial charge in [0.15, 0.2) is 6.29 Å². The highest BCUT2D eigenvalue weighted by atomic mass is 32.2. The maximum atomic E-state index is 10.9. The number of carbonyl (C=O) groups is 2. The summed E-state index contributed by atoms with van der Waals surface area (Å²) in [6.07, 6.45) is 6.65. The fourth-order valence-electron chi connectivity index (χ4n) is 2.97. The van der Waals surface area contributed by atoms with Gasteiger partial charge in [-0.1, -0.05) is 18.2 Å². The minimum atomic E-state index is 0.498. The van der Waals surface area contributed by atoms with Gasteiger partial charge in [0.1, 0.15) is 6.29 Å². The summed E-state index contributed by atoms with van der Waals surface area (Å²) in [4.78, 5) is 22.5. The standard InChI is InChI=1S/C10H13NOS.C8H10N3OPS.CH5N/c1-11-10-8(6-12)7-4-2-3-5-9(7)13-10;12-6-7-14-11-10(9-13-11)8-4-2-1-3-5-8;1-2/h6,11H,2-5H2,1H3;1-6,9,13H,7H2;2H2,1H3. The van der Waals surface area contributed by atoms with Crippen LogP contribution >= 0.6 is 32.2 Å². The summed E-state index contributed by atoms with van der Waals surface area (Å²) in [6, 6.07) is 9.99. The van der Waals surface area contributed by atoms with Crippen molar-refractivity contribution in [3.8, 4) is 0 Å². The first kappa shape index (κ1) is 23.8. The van der Waals surface area contributed by atoms with Gasteiger partial charge in [-0.3, -0.25) is 4.79 Å². The van der Waals surface area contributed by atoms with Gasteiger partial charge in [0.25, 0.3) is 0 Å². The number of hydrazine groups is 2. The van der Waals surface area contributed by atoms with E-state index in [1.54, 1.807) is 11.3 Å². The molecule has 1 aliphatic heterocycles. The Labute approximate surface area is 182 Å². The Morgan fingerprint density at radius 2 is 1.97 bits per heavy atom. The number of nitrogens with one attached hydrogen (secondary N) is 2. The summed E-state index contributed by atoms with van der Waals surface area (Å²) in [7, 11) is 3.92. The van der Waals surface area contributed by atoms with E-state index in [0.717, 1.165) is 41.7 Å². The molecule has 4 N–H and O–H groups in total. The third-order valence-electron chi connectivity index (χ3n) is 4.26. The molecule has 0 amide bonds. The van der Waals surface area contributed by atoms with E-state index in [9.17, 15) is 9.59 Å². The Bertz CT molecular complexity index is 775. The zero-order valence-electron chi connectivity index (χ0n) is 16.7. The zero-order valence-corrected chi connectivity index (χ0v) is 19.3. The number of benzene rings is 1. The molecule has 1 fully saturated rings. The van der Waals surface area contributed by atoms with Crippen molar-refractivity contribution >= 4 is 55.4 Å². The SMILES string of the molecule is CN.CNc1sc2c(c1C=O)CCCC2.O=CCSN1PNN1c1ccccc1. The van der Waals surface area contributed by atoms with Gasteiger partial charge in [-0.15, -0.1) is 15.5 Å². The number of para-hydroxylation sites is 1. The molecule has 0 saturated carbocycles. The van der Waals surface area contributed by atoms with Crippen LogP contribution < -0.4 is 21.4 Å². The molecule has 1 atom stereocenters. The molecule has 1 aromatic heterocycles. The molecule has 1 unspecified atom stereocenters. The van der Waals surface area contributed by atoms with Crippen LogP contribution in [-0.4, -0.2) is 36.6 Å². The molecule has 0 radical (unpaired) electrons. The number of nitrogens with zero attached hydrogens (tertiary/aromatic N) is 2. The minimum Gasteiger partial charge on any atom is -0.379 e. The van der Waals surface area contributed by atoms with Crippen LogP contribution in [0.3, 0.4) is 0 Å². The number of nitrogens with two attached hydrogens (primary N) is 1. The Hall–Kier alpha value is -1.48. The number of aldehydes is 2. The average molecular weight is 454 g/mol. The normalized spacial score (nSPS) is 15.8. The first-order valence-corrected chi connectivity index (χ1v) is 12.1. The van der Waals surface area contributed by atoms with Crippen LogP contribution in [0.15, 0.2) is 30.3 Å². The predicted octanol–water partition coefficient (Wildman–Crippen LogP) is 3.64. The van der Waals surface area contributed by atoms with E-state index < -0.39 is 0 Å². The van der Waals surface area contributed by atoms with Crippen molar-refractivity contribution in [1.29, 1.82) is 0 Å². The third kappa shape index (κ3) is 6.25. The van der Waals surface area contributed by atoms with Gasteiger partial charge < -0.3 is 15.8 Å². The summed E-state index contributed by atoms with van der Waals surface area (Å²) >= 11 is 3.25. The molecule has 0 spiro atoms. The van der Waals surface area contributed by atoms with Gasteiger partial charge in [0, 0.05) is 11.9 Å². The van der Waals surface area contributed by atoms with Crippen molar-refractivity contribution in [3.05, 3.63) is 46.3 Å². The first-order valence-electron chi connectivity index (χ1n) is 9.36. The lowest BCUT2D eigenvalue weighted by Crippen LogP contribution is -2.51. The van der Waals surface area contributed by atoms with Gasteiger partial charge in [-0.25, -0.2) is 5.12 Å². The summed E-state index contributed by atoms with van der Waals surface area (Å²) in [5.74, 6) is 0.498. The third-order valence-corrected chi connectivity index (χ3v) is 7.64. The maximum Gasteiger partial charge on any atom is 0.153 e. The van der Waals surface area contributed by atoms with E-state index in [4.69, 9.17) is 0 Å². The second kappa shape index (κ2) is 13.0. The van der Waals surface area contributed by atoms with Gasteiger partial charge >= 0.3 is 0 Å². The van der Waals surface area contributed by atoms with Crippen LogP contribution in [0.5, 0.6) is 0 Å².